The Morgan fingerprint density at radius 2 is 1.50 bits per heavy atom. The molecule has 6 N–H and O–H groups in total. The number of anilines is 1. The number of hydrogen-bond acceptors (Lipinski definition) is 10. The van der Waals surface area contributed by atoms with Crippen molar-refractivity contribution in [3.8, 4) is 0 Å². The van der Waals surface area contributed by atoms with Crippen molar-refractivity contribution in [3.63, 3.8) is 0 Å². The highest BCUT2D eigenvalue weighted by Gasteiger charge is 2.25. The first-order valence-corrected chi connectivity index (χ1v) is 14.4. The molecule has 0 aliphatic carbocycles. The maximum absolute atomic E-state index is 12.2. The van der Waals surface area contributed by atoms with Crippen molar-refractivity contribution in [2.75, 3.05) is 51.6 Å². The lowest BCUT2D eigenvalue weighted by atomic mass is 10.1. The topological polar surface area (TPSA) is 241 Å². The Morgan fingerprint density at radius 3 is 2.13 bits per heavy atom. The molecule has 0 fully saturated rings. The van der Waals surface area contributed by atoms with Crippen LogP contribution in [0.2, 0.25) is 0 Å². The standard InChI is InChI=1S/C28H39FN6O11/c29-9-1-2-21-17-35(34-33-21)10-11-44-12-13-45-14-15-46-18-24(36)30-20-5-3-19(4-6-20)16-23(27(41)42)32-28(43)31-22(26(39)40)7-8-25(37)38/h3-6,17,22-23H,1-2,7-16,18H2,(H,30,36)(H,37,38)(H,39,40)(H,41,42)(H2,31,32,43)/t22-,23-/m0/s1. The molecule has 0 saturated heterocycles. The van der Waals surface area contributed by atoms with Crippen LogP contribution in [0.25, 0.3) is 0 Å². The Kier molecular flexibility index (Phi) is 17.2. The second-order valence-electron chi connectivity index (χ2n) is 9.82. The fourth-order valence-corrected chi connectivity index (χ4v) is 3.81. The smallest absolute Gasteiger partial charge is 0.326 e. The van der Waals surface area contributed by atoms with Crippen LogP contribution in [0.4, 0.5) is 14.9 Å². The molecule has 0 saturated carbocycles. The van der Waals surface area contributed by atoms with Gasteiger partial charge in [0.1, 0.15) is 18.7 Å². The highest BCUT2D eigenvalue weighted by atomic mass is 19.1. The molecule has 254 valence electrons. The molecule has 46 heavy (non-hydrogen) atoms. The Morgan fingerprint density at radius 1 is 0.870 bits per heavy atom. The third-order valence-electron chi connectivity index (χ3n) is 6.13. The molecule has 0 radical (unpaired) electrons. The number of rotatable bonds is 24. The number of aromatic nitrogens is 3. The molecule has 17 nitrogen and oxygen atoms in total. The monoisotopic (exact) mass is 654 g/mol. The molecule has 18 heteroatoms. The molecule has 0 unspecified atom stereocenters. The number of benzene rings is 1. The van der Waals surface area contributed by atoms with Crippen LogP contribution in [0.15, 0.2) is 30.5 Å². The van der Waals surface area contributed by atoms with E-state index in [1.807, 2.05) is 0 Å². The van der Waals surface area contributed by atoms with Gasteiger partial charge in [0.25, 0.3) is 0 Å². The number of carbonyl (C=O) groups excluding carboxylic acids is 2. The lowest BCUT2D eigenvalue weighted by Gasteiger charge is -2.18. The second kappa shape index (κ2) is 21.1. The van der Waals surface area contributed by atoms with E-state index in [1.54, 1.807) is 23.0 Å². The van der Waals surface area contributed by atoms with Crippen molar-refractivity contribution in [1.29, 1.82) is 0 Å². The number of carboxylic acid groups (broad SMARTS) is 3. The van der Waals surface area contributed by atoms with Crippen molar-refractivity contribution in [2.24, 2.45) is 0 Å². The quantitative estimate of drug-likeness (QED) is 0.0846. The zero-order valence-corrected chi connectivity index (χ0v) is 25.1. The molecule has 0 bridgehead atoms. The number of carboxylic acids is 3. The summed E-state index contributed by atoms with van der Waals surface area (Å²) in [5.41, 5.74) is 1.66. The van der Waals surface area contributed by atoms with E-state index in [1.165, 1.54) is 12.1 Å². The number of urea groups is 1. The first kappa shape index (κ1) is 37.5. The third kappa shape index (κ3) is 15.9. The molecule has 1 heterocycles. The summed E-state index contributed by atoms with van der Waals surface area (Å²) in [7, 11) is 0. The number of nitrogens with zero attached hydrogens (tertiary/aromatic N) is 3. The highest BCUT2D eigenvalue weighted by Crippen LogP contribution is 2.12. The van der Waals surface area contributed by atoms with E-state index >= 15 is 0 Å². The van der Waals surface area contributed by atoms with Crippen LogP contribution in [0, 0.1) is 0 Å². The number of nitrogens with one attached hydrogen (secondary N) is 3. The van der Waals surface area contributed by atoms with Crippen molar-refractivity contribution in [2.45, 2.75) is 50.7 Å². The minimum absolute atomic E-state index is 0.150. The van der Waals surface area contributed by atoms with Gasteiger partial charge in [0.05, 0.1) is 51.9 Å². The van der Waals surface area contributed by atoms with Gasteiger partial charge in [-0.3, -0.25) is 14.0 Å². The summed E-state index contributed by atoms with van der Waals surface area (Å²) in [4.78, 5) is 57.9. The van der Waals surface area contributed by atoms with Crippen molar-refractivity contribution in [1.82, 2.24) is 25.6 Å². The lowest BCUT2D eigenvalue weighted by molar-refractivity contribution is -0.140. The Labute approximate surface area is 263 Å². The van der Waals surface area contributed by atoms with Crippen LogP contribution in [-0.2, 0) is 52.8 Å². The van der Waals surface area contributed by atoms with E-state index in [-0.39, 0.29) is 32.7 Å². The van der Waals surface area contributed by atoms with Crippen LogP contribution in [0.1, 0.15) is 30.5 Å². The molecule has 1 aromatic carbocycles. The summed E-state index contributed by atoms with van der Waals surface area (Å²) in [6, 6.07) is 2.17. The molecular weight excluding hydrogens is 615 g/mol. The Balaban J connectivity index is 1.60. The van der Waals surface area contributed by atoms with E-state index in [2.05, 4.69) is 26.3 Å². The first-order valence-electron chi connectivity index (χ1n) is 14.4. The average Bonchev–Trinajstić information content (AvgIpc) is 3.46. The number of amides is 3. The number of carbonyl (C=O) groups is 5. The fourth-order valence-electron chi connectivity index (χ4n) is 3.81. The van der Waals surface area contributed by atoms with Crippen LogP contribution in [0.5, 0.6) is 0 Å². The molecule has 0 aliphatic rings. The van der Waals surface area contributed by atoms with Crippen LogP contribution in [0.3, 0.4) is 0 Å². The largest absolute Gasteiger partial charge is 0.481 e. The average molecular weight is 655 g/mol. The van der Waals surface area contributed by atoms with Gasteiger partial charge < -0.3 is 45.5 Å². The summed E-state index contributed by atoms with van der Waals surface area (Å²) in [6.07, 6.45) is 1.70. The van der Waals surface area contributed by atoms with E-state index < -0.39 is 55.0 Å². The molecule has 0 aliphatic heterocycles. The molecule has 2 atom stereocenters. The summed E-state index contributed by atoms with van der Waals surface area (Å²) >= 11 is 0. The van der Waals surface area contributed by atoms with E-state index in [4.69, 9.17) is 24.4 Å². The molecule has 3 amide bonds. The van der Waals surface area contributed by atoms with Crippen molar-refractivity contribution in [3.05, 3.63) is 41.7 Å². The minimum atomic E-state index is -1.51. The van der Waals surface area contributed by atoms with E-state index in [9.17, 15) is 33.5 Å². The lowest BCUT2D eigenvalue weighted by Crippen LogP contribution is -2.51. The predicted molar refractivity (Wildman–Crippen MR) is 157 cm³/mol. The molecule has 0 spiro atoms. The second-order valence-corrected chi connectivity index (χ2v) is 9.82. The van der Waals surface area contributed by atoms with Crippen LogP contribution in [-0.4, -0.2) is 119 Å². The van der Waals surface area contributed by atoms with Gasteiger partial charge in [0, 0.05) is 24.7 Å². The van der Waals surface area contributed by atoms with Crippen molar-refractivity contribution < 1.29 is 57.9 Å². The zero-order chi connectivity index (χ0) is 33.7. The van der Waals surface area contributed by atoms with Crippen LogP contribution >= 0.6 is 0 Å². The van der Waals surface area contributed by atoms with Gasteiger partial charge in [-0.05, 0) is 37.0 Å². The van der Waals surface area contributed by atoms with Gasteiger partial charge in [0.2, 0.25) is 5.91 Å². The van der Waals surface area contributed by atoms with Gasteiger partial charge >= 0.3 is 23.9 Å². The summed E-state index contributed by atoms with van der Waals surface area (Å²) < 4.78 is 30.0. The summed E-state index contributed by atoms with van der Waals surface area (Å²) in [5.74, 6) is -4.49. The number of hydrogen-bond donors (Lipinski definition) is 6. The maximum Gasteiger partial charge on any atom is 0.326 e. The molecule has 1 aromatic heterocycles. The van der Waals surface area contributed by atoms with E-state index in [0.717, 1.165) is 5.69 Å². The summed E-state index contributed by atoms with van der Waals surface area (Å²) in [6.45, 7) is 1.43. The molecule has 2 rings (SSSR count). The van der Waals surface area contributed by atoms with Crippen molar-refractivity contribution >= 4 is 35.5 Å². The SMILES string of the molecule is O=C(O)CC[C@H](NC(=O)N[C@@H](Cc1ccc(NC(=O)COCCOCCOCCn2cc(CCCF)nn2)cc1)C(=O)O)C(=O)O. The maximum atomic E-state index is 12.2. The molecular formula is C28H39FN6O11. The van der Waals surface area contributed by atoms with Gasteiger partial charge in [-0.25, -0.2) is 19.1 Å². The number of alkyl halides is 1. The van der Waals surface area contributed by atoms with Gasteiger partial charge in [-0.1, -0.05) is 17.3 Å². The zero-order valence-electron chi connectivity index (χ0n) is 25.1. The normalized spacial score (nSPS) is 12.2. The number of aryl methyl sites for hydroxylation is 1. The number of halogens is 1. The highest BCUT2D eigenvalue weighted by molar-refractivity contribution is 5.91. The third-order valence-corrected chi connectivity index (χ3v) is 6.13. The number of aliphatic carboxylic acids is 3. The fraction of sp³-hybridized carbons (Fsp3) is 0.536. The number of ether oxygens (including phenoxy) is 3. The first-order chi connectivity index (χ1) is 22.1. The Hall–Kier alpha value is -4.68. The van der Waals surface area contributed by atoms with Gasteiger partial charge in [0.15, 0.2) is 0 Å². The van der Waals surface area contributed by atoms with Gasteiger partial charge in [-0.15, -0.1) is 5.10 Å². The Bertz CT molecular complexity index is 1260. The van der Waals surface area contributed by atoms with Crippen LogP contribution < -0.4 is 16.0 Å². The van der Waals surface area contributed by atoms with E-state index in [0.29, 0.717) is 50.5 Å². The molecule has 2 aromatic rings. The minimum Gasteiger partial charge on any atom is -0.481 e. The van der Waals surface area contributed by atoms with Gasteiger partial charge in [-0.2, -0.15) is 0 Å². The predicted octanol–water partition coefficient (Wildman–Crippen LogP) is 0.482. The summed E-state index contributed by atoms with van der Waals surface area (Å²) in [5, 5.41) is 42.1.